The van der Waals surface area contributed by atoms with E-state index in [1.807, 2.05) is 30.3 Å². The first kappa shape index (κ1) is 25.7. The SMILES string of the molecule is COc1ccc(NC(=O)C2N([C@H](C)CO)C(=O)[C@@H]3[C@H](C(=O)NCc4ccccc4)[C@H]4OC23CC4Br)cc1. The van der Waals surface area contributed by atoms with E-state index in [-0.39, 0.29) is 23.2 Å². The third-order valence-corrected chi connectivity index (χ3v) is 8.53. The number of benzene rings is 2. The number of nitrogens with zero attached hydrogens (tertiary/aromatic N) is 1. The van der Waals surface area contributed by atoms with Crippen LogP contribution in [0.2, 0.25) is 0 Å². The van der Waals surface area contributed by atoms with Crippen molar-refractivity contribution in [1.82, 2.24) is 10.2 Å². The molecule has 3 saturated heterocycles. The van der Waals surface area contributed by atoms with E-state index in [2.05, 4.69) is 26.6 Å². The van der Waals surface area contributed by atoms with Gasteiger partial charge >= 0.3 is 0 Å². The topological polar surface area (TPSA) is 117 Å². The van der Waals surface area contributed by atoms with Gasteiger partial charge in [-0.25, -0.2) is 0 Å². The summed E-state index contributed by atoms with van der Waals surface area (Å²) in [6, 6.07) is 14.8. The van der Waals surface area contributed by atoms with Crippen molar-refractivity contribution in [3.63, 3.8) is 0 Å². The second kappa shape index (κ2) is 10.1. The molecule has 2 aromatic carbocycles. The number of carbonyl (C=O) groups excluding carboxylic acids is 3. The summed E-state index contributed by atoms with van der Waals surface area (Å²) in [4.78, 5) is 42.3. The summed E-state index contributed by atoms with van der Waals surface area (Å²) >= 11 is 3.65. The first-order chi connectivity index (χ1) is 17.8. The van der Waals surface area contributed by atoms with Crippen LogP contribution in [0, 0.1) is 11.8 Å². The lowest BCUT2D eigenvalue weighted by Gasteiger charge is -2.35. The molecule has 0 radical (unpaired) electrons. The van der Waals surface area contributed by atoms with Gasteiger partial charge in [0.25, 0.3) is 0 Å². The van der Waals surface area contributed by atoms with E-state index >= 15 is 0 Å². The van der Waals surface area contributed by atoms with Gasteiger partial charge in [0, 0.05) is 17.1 Å². The second-order valence-corrected chi connectivity index (χ2v) is 11.0. The fraction of sp³-hybridized carbons (Fsp3) is 0.444. The molecule has 2 aromatic rings. The van der Waals surface area contributed by atoms with Crippen LogP contribution in [0.3, 0.4) is 0 Å². The Morgan fingerprint density at radius 3 is 2.54 bits per heavy atom. The van der Waals surface area contributed by atoms with Crippen LogP contribution >= 0.6 is 15.9 Å². The first-order valence-corrected chi connectivity index (χ1v) is 13.2. The molecule has 196 valence electrons. The molecule has 0 aromatic heterocycles. The number of methoxy groups -OCH3 is 1. The Bertz CT molecular complexity index is 1180. The number of alkyl halides is 1. The number of hydrogen-bond donors (Lipinski definition) is 3. The highest BCUT2D eigenvalue weighted by Crippen LogP contribution is 2.60. The molecule has 5 rings (SSSR count). The Kier molecular flexibility index (Phi) is 6.99. The molecule has 3 aliphatic heterocycles. The lowest BCUT2D eigenvalue weighted by atomic mass is 9.70. The van der Waals surface area contributed by atoms with Crippen LogP contribution in [0.15, 0.2) is 54.6 Å². The zero-order chi connectivity index (χ0) is 26.3. The largest absolute Gasteiger partial charge is 0.497 e. The number of halogens is 1. The highest BCUT2D eigenvalue weighted by atomic mass is 79.9. The fourth-order valence-electron chi connectivity index (χ4n) is 6.02. The van der Waals surface area contributed by atoms with Crippen LogP contribution in [0.1, 0.15) is 18.9 Å². The first-order valence-electron chi connectivity index (χ1n) is 12.3. The highest BCUT2D eigenvalue weighted by Gasteiger charge is 2.76. The Labute approximate surface area is 223 Å². The third kappa shape index (κ3) is 4.30. The van der Waals surface area contributed by atoms with Gasteiger partial charge in [-0.15, -0.1) is 0 Å². The van der Waals surface area contributed by atoms with Crippen molar-refractivity contribution in [3.8, 4) is 5.75 Å². The average molecular weight is 572 g/mol. The number of carbonyl (C=O) groups is 3. The van der Waals surface area contributed by atoms with E-state index in [0.29, 0.717) is 24.4 Å². The van der Waals surface area contributed by atoms with Gasteiger partial charge in [-0.3, -0.25) is 14.4 Å². The molecule has 1 spiro atoms. The minimum absolute atomic E-state index is 0.204. The standard InChI is InChI=1S/C27H30BrN3O6/c1-15(14-32)31-23(25(34)30-17-8-10-18(36-2)11-9-17)27-12-19(28)22(37-27)20(21(27)26(31)35)24(33)29-13-16-6-4-3-5-7-16/h3-11,15,19-23,32H,12-14H2,1-2H3,(H,29,33)(H,30,34)/t15-,19?,20+,21+,22+,23?,27?/m1/s1. The number of amides is 3. The molecule has 3 amide bonds. The smallest absolute Gasteiger partial charge is 0.250 e. The Hall–Kier alpha value is -2.95. The quantitative estimate of drug-likeness (QED) is 0.418. The van der Waals surface area contributed by atoms with Gasteiger partial charge in [-0.1, -0.05) is 46.3 Å². The number of aliphatic hydroxyl groups excluding tert-OH is 1. The molecule has 3 heterocycles. The predicted molar refractivity (Wildman–Crippen MR) is 139 cm³/mol. The Morgan fingerprint density at radius 1 is 1.19 bits per heavy atom. The van der Waals surface area contributed by atoms with Crippen molar-refractivity contribution >= 4 is 39.3 Å². The molecule has 3 aliphatic rings. The summed E-state index contributed by atoms with van der Waals surface area (Å²) in [5.74, 6) is -2.01. The van der Waals surface area contributed by atoms with Gasteiger partial charge in [0.1, 0.15) is 17.4 Å². The van der Waals surface area contributed by atoms with Crippen molar-refractivity contribution in [3.05, 3.63) is 60.2 Å². The van der Waals surface area contributed by atoms with Crippen molar-refractivity contribution in [2.24, 2.45) is 11.8 Å². The number of fused-ring (bicyclic) bond motifs is 1. The minimum atomic E-state index is -1.19. The highest BCUT2D eigenvalue weighted by molar-refractivity contribution is 9.09. The lowest BCUT2D eigenvalue weighted by molar-refractivity contribution is -0.143. The summed E-state index contributed by atoms with van der Waals surface area (Å²) in [5, 5.41) is 15.8. The molecule has 7 atom stereocenters. The summed E-state index contributed by atoms with van der Waals surface area (Å²) < 4.78 is 11.6. The zero-order valence-electron chi connectivity index (χ0n) is 20.6. The number of hydrogen-bond acceptors (Lipinski definition) is 6. The molecule has 3 N–H and O–H groups in total. The second-order valence-electron chi connectivity index (χ2n) is 9.86. The van der Waals surface area contributed by atoms with E-state index in [0.717, 1.165) is 5.56 Å². The van der Waals surface area contributed by atoms with Crippen molar-refractivity contribution in [2.75, 3.05) is 19.0 Å². The van der Waals surface area contributed by atoms with Crippen LogP contribution in [0.4, 0.5) is 5.69 Å². The summed E-state index contributed by atoms with van der Waals surface area (Å²) in [5.41, 5.74) is 0.287. The number of anilines is 1. The summed E-state index contributed by atoms with van der Waals surface area (Å²) in [7, 11) is 1.56. The van der Waals surface area contributed by atoms with E-state index in [1.54, 1.807) is 38.3 Å². The molecule has 37 heavy (non-hydrogen) atoms. The average Bonchev–Trinajstić information content (AvgIpc) is 3.51. The molecule has 9 nitrogen and oxygen atoms in total. The maximum atomic E-state index is 13.9. The van der Waals surface area contributed by atoms with Gasteiger partial charge in [-0.05, 0) is 43.2 Å². The maximum Gasteiger partial charge on any atom is 0.250 e. The van der Waals surface area contributed by atoms with Gasteiger partial charge in [0.05, 0.1) is 37.7 Å². The number of likely N-dealkylation sites (tertiary alicyclic amines) is 1. The molecule has 2 bridgehead atoms. The number of aliphatic hydroxyl groups is 1. The van der Waals surface area contributed by atoms with Crippen LogP contribution < -0.4 is 15.4 Å². The maximum absolute atomic E-state index is 13.9. The molecule has 10 heteroatoms. The summed E-state index contributed by atoms with van der Waals surface area (Å²) in [6.07, 6.45) is -0.154. The van der Waals surface area contributed by atoms with Gasteiger partial charge < -0.3 is 30.1 Å². The fourth-order valence-corrected chi connectivity index (χ4v) is 6.96. The van der Waals surface area contributed by atoms with Crippen LogP contribution in [0.5, 0.6) is 5.75 Å². The molecule has 0 aliphatic carbocycles. The predicted octanol–water partition coefficient (Wildman–Crippen LogP) is 2.08. The third-order valence-electron chi connectivity index (χ3n) is 7.68. The van der Waals surface area contributed by atoms with Crippen molar-refractivity contribution in [1.29, 1.82) is 0 Å². The molecule has 3 fully saturated rings. The van der Waals surface area contributed by atoms with Crippen molar-refractivity contribution in [2.45, 2.75) is 48.5 Å². The monoisotopic (exact) mass is 571 g/mol. The lowest BCUT2D eigenvalue weighted by Crippen LogP contribution is -2.56. The van der Waals surface area contributed by atoms with Gasteiger partial charge in [0.2, 0.25) is 17.7 Å². The molecule has 3 unspecified atom stereocenters. The summed E-state index contributed by atoms with van der Waals surface area (Å²) in [6.45, 7) is 1.68. The number of ether oxygens (including phenoxy) is 2. The van der Waals surface area contributed by atoms with Crippen LogP contribution in [-0.4, -0.2) is 70.1 Å². The van der Waals surface area contributed by atoms with Gasteiger partial charge in [0.15, 0.2) is 0 Å². The number of nitrogens with one attached hydrogen (secondary N) is 2. The van der Waals surface area contributed by atoms with E-state index in [1.165, 1.54) is 4.90 Å². The normalized spacial score (nSPS) is 30.6. The molecular formula is C27H30BrN3O6. The molecular weight excluding hydrogens is 542 g/mol. The van der Waals surface area contributed by atoms with E-state index in [4.69, 9.17) is 9.47 Å². The minimum Gasteiger partial charge on any atom is -0.497 e. The Morgan fingerprint density at radius 2 is 1.89 bits per heavy atom. The van der Waals surface area contributed by atoms with Crippen LogP contribution in [-0.2, 0) is 25.7 Å². The van der Waals surface area contributed by atoms with Crippen molar-refractivity contribution < 1.29 is 29.0 Å². The molecule has 0 saturated carbocycles. The van der Waals surface area contributed by atoms with E-state index < -0.39 is 41.5 Å². The Balaban J connectivity index is 1.45. The number of rotatable bonds is 8. The van der Waals surface area contributed by atoms with Gasteiger partial charge in [-0.2, -0.15) is 0 Å². The van der Waals surface area contributed by atoms with Crippen LogP contribution in [0.25, 0.3) is 0 Å². The van der Waals surface area contributed by atoms with E-state index in [9.17, 15) is 19.5 Å². The zero-order valence-corrected chi connectivity index (χ0v) is 22.2.